The fraction of sp³-hybridized carbons (Fsp3) is 0.167. The highest BCUT2D eigenvalue weighted by molar-refractivity contribution is 9.10. The minimum absolute atomic E-state index is 0.248. The van der Waals surface area contributed by atoms with Crippen molar-refractivity contribution < 1.29 is 9.59 Å². The molecule has 0 saturated carbocycles. The van der Waals surface area contributed by atoms with Crippen LogP contribution in [0.5, 0.6) is 0 Å². The topological polar surface area (TPSA) is 54.3 Å². The van der Waals surface area contributed by atoms with E-state index < -0.39 is 6.03 Å². The number of benzene rings is 2. The molecule has 2 aromatic carbocycles. The minimum atomic E-state index is -0.397. The van der Waals surface area contributed by atoms with Gasteiger partial charge < -0.3 is 9.88 Å². The van der Waals surface area contributed by atoms with E-state index in [-0.39, 0.29) is 12.5 Å². The predicted molar refractivity (Wildman–Crippen MR) is 121 cm³/mol. The number of halogens is 1. The van der Waals surface area contributed by atoms with Crippen LogP contribution < -0.4 is 5.32 Å². The maximum atomic E-state index is 12.9. The van der Waals surface area contributed by atoms with Gasteiger partial charge in [-0.1, -0.05) is 42.0 Å². The Morgan fingerprint density at radius 3 is 2.40 bits per heavy atom. The molecule has 1 saturated heterocycles. The number of urea groups is 1. The van der Waals surface area contributed by atoms with Crippen molar-refractivity contribution >= 4 is 33.9 Å². The summed E-state index contributed by atoms with van der Waals surface area (Å²) in [7, 11) is 0. The number of rotatable bonds is 4. The normalized spacial score (nSPS) is 15.2. The molecule has 3 amide bonds. The van der Waals surface area contributed by atoms with Gasteiger partial charge in [0.1, 0.15) is 5.70 Å². The van der Waals surface area contributed by atoms with Crippen LogP contribution in [0.15, 0.2) is 64.8 Å². The summed E-state index contributed by atoms with van der Waals surface area (Å²) in [4.78, 5) is 26.5. The van der Waals surface area contributed by atoms with Crippen LogP contribution in [0.4, 0.5) is 4.79 Å². The molecule has 2 heterocycles. The van der Waals surface area contributed by atoms with Crippen molar-refractivity contribution in [3.05, 3.63) is 92.8 Å². The van der Waals surface area contributed by atoms with Crippen molar-refractivity contribution in [1.82, 2.24) is 14.8 Å². The molecular weight excluding hydrogens is 442 g/mol. The number of hydrogen-bond acceptors (Lipinski definition) is 2. The average Bonchev–Trinajstić information content (AvgIpc) is 3.14. The molecule has 0 radical (unpaired) electrons. The number of nitrogens with one attached hydrogen (secondary N) is 1. The number of imide groups is 1. The van der Waals surface area contributed by atoms with E-state index >= 15 is 0 Å². The lowest BCUT2D eigenvalue weighted by molar-refractivity contribution is -0.123. The molecule has 152 valence electrons. The van der Waals surface area contributed by atoms with Gasteiger partial charge >= 0.3 is 6.03 Å². The lowest BCUT2D eigenvalue weighted by Crippen LogP contribution is -2.30. The number of carbonyl (C=O) groups excluding carboxylic acids is 2. The van der Waals surface area contributed by atoms with E-state index in [1.807, 2.05) is 75.4 Å². The van der Waals surface area contributed by atoms with Crippen molar-refractivity contribution in [3.63, 3.8) is 0 Å². The van der Waals surface area contributed by atoms with Crippen LogP contribution in [-0.2, 0) is 11.3 Å². The highest BCUT2D eigenvalue weighted by Crippen LogP contribution is 2.28. The molecule has 4 rings (SSSR count). The van der Waals surface area contributed by atoms with Crippen molar-refractivity contribution in [2.75, 3.05) is 0 Å². The second kappa shape index (κ2) is 7.95. The van der Waals surface area contributed by atoms with E-state index in [1.54, 1.807) is 6.08 Å². The van der Waals surface area contributed by atoms with Crippen LogP contribution in [0.3, 0.4) is 0 Å². The molecule has 0 aliphatic carbocycles. The number of hydrogen-bond donors (Lipinski definition) is 1. The molecule has 1 fully saturated rings. The van der Waals surface area contributed by atoms with Gasteiger partial charge in [0.25, 0.3) is 5.91 Å². The van der Waals surface area contributed by atoms with Crippen LogP contribution in [-0.4, -0.2) is 21.4 Å². The van der Waals surface area contributed by atoms with Gasteiger partial charge in [-0.2, -0.15) is 0 Å². The predicted octanol–water partition coefficient (Wildman–Crippen LogP) is 5.26. The zero-order valence-corrected chi connectivity index (χ0v) is 18.7. The Bertz CT molecular complexity index is 1180. The van der Waals surface area contributed by atoms with Crippen molar-refractivity contribution in [3.8, 4) is 5.69 Å². The lowest BCUT2D eigenvalue weighted by atomic mass is 10.1. The summed E-state index contributed by atoms with van der Waals surface area (Å²) < 4.78 is 3.11. The molecule has 0 unspecified atom stereocenters. The van der Waals surface area contributed by atoms with Gasteiger partial charge in [0.05, 0.1) is 12.2 Å². The first-order chi connectivity index (χ1) is 14.3. The van der Waals surface area contributed by atoms with Crippen LogP contribution in [0.25, 0.3) is 11.8 Å². The molecule has 0 atom stereocenters. The quantitative estimate of drug-likeness (QED) is 0.423. The van der Waals surface area contributed by atoms with E-state index in [0.717, 1.165) is 38.2 Å². The largest absolute Gasteiger partial charge is 0.329 e. The third-order valence-corrected chi connectivity index (χ3v) is 5.96. The molecule has 1 aliphatic heterocycles. The van der Waals surface area contributed by atoms with Crippen molar-refractivity contribution in [1.29, 1.82) is 0 Å². The first-order valence-electron chi connectivity index (χ1n) is 9.69. The van der Waals surface area contributed by atoms with Crippen LogP contribution in [0.1, 0.15) is 28.1 Å². The molecule has 5 nitrogen and oxygen atoms in total. The first kappa shape index (κ1) is 20.2. The highest BCUT2D eigenvalue weighted by Gasteiger charge is 2.33. The van der Waals surface area contributed by atoms with Crippen molar-refractivity contribution in [2.45, 2.75) is 27.3 Å². The van der Waals surface area contributed by atoms with Gasteiger partial charge in [-0.3, -0.25) is 9.69 Å². The summed E-state index contributed by atoms with van der Waals surface area (Å²) in [6, 6.07) is 17.4. The van der Waals surface area contributed by atoms with Gasteiger partial charge in [-0.05, 0) is 72.1 Å². The number of carbonyl (C=O) groups is 2. The van der Waals surface area contributed by atoms with E-state index in [9.17, 15) is 9.59 Å². The second-order valence-corrected chi connectivity index (χ2v) is 8.33. The number of nitrogens with zero attached hydrogens (tertiary/aromatic N) is 2. The molecule has 1 aliphatic rings. The summed E-state index contributed by atoms with van der Waals surface area (Å²) in [5.74, 6) is -0.314. The SMILES string of the molecule is Cc1ccc(CN2C(=O)N/C(=C/c3cc(C)n(-c4ccccc4Br)c3C)C2=O)cc1. The number of amides is 3. The van der Waals surface area contributed by atoms with Gasteiger partial charge in [0.15, 0.2) is 0 Å². The van der Waals surface area contributed by atoms with E-state index in [0.29, 0.717) is 5.70 Å². The fourth-order valence-electron chi connectivity index (χ4n) is 3.68. The lowest BCUT2D eigenvalue weighted by Gasteiger charge is -2.12. The number of aromatic nitrogens is 1. The van der Waals surface area contributed by atoms with Gasteiger partial charge in [0, 0.05) is 15.9 Å². The van der Waals surface area contributed by atoms with Gasteiger partial charge in [-0.25, -0.2) is 4.79 Å². The third-order valence-electron chi connectivity index (χ3n) is 5.29. The smallest absolute Gasteiger partial charge is 0.317 e. The molecular formula is C24H22BrN3O2. The molecule has 1 aromatic heterocycles. The second-order valence-electron chi connectivity index (χ2n) is 7.48. The number of aryl methyl sites for hydroxylation is 2. The summed E-state index contributed by atoms with van der Waals surface area (Å²) in [5, 5.41) is 2.72. The van der Waals surface area contributed by atoms with Crippen LogP contribution in [0, 0.1) is 20.8 Å². The zero-order valence-electron chi connectivity index (χ0n) is 17.1. The van der Waals surface area contributed by atoms with E-state index in [4.69, 9.17) is 0 Å². The van der Waals surface area contributed by atoms with Crippen LogP contribution >= 0.6 is 15.9 Å². The summed E-state index contributed by atoms with van der Waals surface area (Å²) in [5.41, 5.74) is 6.29. The first-order valence-corrected chi connectivity index (χ1v) is 10.5. The maximum Gasteiger partial charge on any atom is 0.329 e. The molecule has 1 N–H and O–H groups in total. The Morgan fingerprint density at radius 2 is 1.70 bits per heavy atom. The van der Waals surface area contributed by atoms with E-state index in [1.165, 1.54) is 4.90 Å². The summed E-state index contributed by atoms with van der Waals surface area (Å²) >= 11 is 3.61. The number of para-hydroxylation sites is 1. The summed E-state index contributed by atoms with van der Waals surface area (Å²) in [6.45, 7) is 6.28. The summed E-state index contributed by atoms with van der Waals surface area (Å²) in [6.07, 6.45) is 1.76. The van der Waals surface area contributed by atoms with Gasteiger partial charge in [-0.15, -0.1) is 0 Å². The average molecular weight is 464 g/mol. The molecule has 0 spiro atoms. The Kier molecular flexibility index (Phi) is 5.35. The Hall–Kier alpha value is -3.12. The highest BCUT2D eigenvalue weighted by atomic mass is 79.9. The Balaban J connectivity index is 1.63. The maximum absolute atomic E-state index is 12.9. The monoisotopic (exact) mass is 463 g/mol. The van der Waals surface area contributed by atoms with Crippen molar-refractivity contribution in [2.24, 2.45) is 0 Å². The van der Waals surface area contributed by atoms with E-state index in [2.05, 4.69) is 25.8 Å². The Labute approximate surface area is 184 Å². The van der Waals surface area contributed by atoms with Crippen LogP contribution in [0.2, 0.25) is 0 Å². The molecule has 30 heavy (non-hydrogen) atoms. The third kappa shape index (κ3) is 3.71. The minimum Gasteiger partial charge on any atom is -0.317 e. The molecule has 3 aromatic rings. The molecule has 0 bridgehead atoms. The zero-order chi connectivity index (χ0) is 21.4. The Morgan fingerprint density at radius 1 is 1.00 bits per heavy atom. The van der Waals surface area contributed by atoms with Gasteiger partial charge in [0.2, 0.25) is 0 Å². The standard InChI is InChI=1S/C24H22BrN3O2/c1-15-8-10-18(11-9-15)14-27-23(29)21(26-24(27)30)13-19-12-16(2)28(17(19)3)22-7-5-4-6-20(22)25/h4-13H,14H2,1-3H3,(H,26,30)/b21-13+. The fourth-order valence-corrected chi connectivity index (χ4v) is 4.15. The molecule has 6 heteroatoms.